The Kier molecular flexibility index (Phi) is 8.69. The van der Waals surface area contributed by atoms with E-state index >= 15 is 0 Å². The quantitative estimate of drug-likeness (QED) is 0.332. The molecule has 0 aromatic rings. The smallest absolute Gasteiger partial charge is 0.211 e. The Labute approximate surface area is 128 Å². The Morgan fingerprint density at radius 2 is 2.14 bits per heavy atom. The van der Waals surface area contributed by atoms with Gasteiger partial charge in [-0.1, -0.05) is 0 Å². The molecule has 0 aliphatic carbocycles. The van der Waals surface area contributed by atoms with Gasteiger partial charge in [0, 0.05) is 32.8 Å². The minimum atomic E-state index is -3.09. The second kappa shape index (κ2) is 9.70. The van der Waals surface area contributed by atoms with Crippen LogP contribution in [0.4, 0.5) is 0 Å². The van der Waals surface area contributed by atoms with Gasteiger partial charge in [-0.3, -0.25) is 11.3 Å². The highest BCUT2D eigenvalue weighted by Crippen LogP contribution is 2.23. The summed E-state index contributed by atoms with van der Waals surface area (Å²) in [6, 6.07) is 0.150. The van der Waals surface area contributed by atoms with Crippen LogP contribution in [0, 0.1) is 5.92 Å². The third kappa shape index (κ3) is 7.53. The van der Waals surface area contributed by atoms with Gasteiger partial charge in [-0.05, 0) is 31.6 Å². The molecule has 1 aliphatic rings. The fraction of sp³-hybridized carbons (Fsp3) is 1.00. The van der Waals surface area contributed by atoms with Crippen LogP contribution in [0.3, 0.4) is 0 Å². The average Bonchev–Trinajstić information content (AvgIpc) is 2.45. The molecular weight excluding hydrogens is 294 g/mol. The Bertz CT molecular complexity index is 378. The number of ether oxygens (including phenoxy) is 2. The first-order chi connectivity index (χ1) is 9.97. The van der Waals surface area contributed by atoms with Gasteiger partial charge in [0.05, 0.1) is 19.5 Å². The van der Waals surface area contributed by atoms with Crippen LogP contribution < -0.4 is 11.3 Å². The normalized spacial score (nSPS) is 22.3. The minimum absolute atomic E-state index is 0.150. The first kappa shape index (κ1) is 18.8. The first-order valence-corrected chi connectivity index (χ1v) is 9.30. The van der Waals surface area contributed by atoms with Gasteiger partial charge < -0.3 is 9.47 Å². The molecule has 0 aromatic heterocycles. The molecule has 3 N–H and O–H groups in total. The maximum absolute atomic E-state index is 11.6. The van der Waals surface area contributed by atoms with Gasteiger partial charge in [0.1, 0.15) is 0 Å². The van der Waals surface area contributed by atoms with E-state index in [9.17, 15) is 8.42 Å². The van der Waals surface area contributed by atoms with Crippen molar-refractivity contribution in [1.29, 1.82) is 0 Å². The van der Waals surface area contributed by atoms with Crippen molar-refractivity contribution in [3.63, 3.8) is 0 Å². The molecule has 7 nitrogen and oxygen atoms in total. The zero-order valence-electron chi connectivity index (χ0n) is 13.1. The number of nitrogens with one attached hydrogen (secondary N) is 1. The fourth-order valence-corrected chi connectivity index (χ4v) is 3.60. The largest absolute Gasteiger partial charge is 0.382 e. The molecule has 1 aliphatic heterocycles. The molecule has 0 saturated carbocycles. The molecule has 1 fully saturated rings. The summed E-state index contributed by atoms with van der Waals surface area (Å²) in [4.78, 5) is 0. The SMILES string of the molecule is COCCOCCC(CC1CCCN(S(C)(=O)=O)C1)NN. The summed E-state index contributed by atoms with van der Waals surface area (Å²) < 4.78 is 35.2. The average molecular weight is 323 g/mol. The molecule has 0 radical (unpaired) electrons. The predicted octanol–water partition coefficient (Wildman–Crippen LogP) is -0.0669. The molecule has 21 heavy (non-hydrogen) atoms. The van der Waals surface area contributed by atoms with Crippen molar-refractivity contribution < 1.29 is 17.9 Å². The first-order valence-electron chi connectivity index (χ1n) is 7.45. The fourth-order valence-electron chi connectivity index (χ4n) is 2.66. The lowest BCUT2D eigenvalue weighted by Gasteiger charge is -2.32. The highest BCUT2D eigenvalue weighted by Gasteiger charge is 2.27. The van der Waals surface area contributed by atoms with Gasteiger partial charge in [0.25, 0.3) is 0 Å². The van der Waals surface area contributed by atoms with Crippen molar-refractivity contribution >= 4 is 10.0 Å². The maximum Gasteiger partial charge on any atom is 0.211 e. The molecule has 1 saturated heterocycles. The number of hydrazine groups is 1. The topological polar surface area (TPSA) is 93.9 Å². The van der Waals surface area contributed by atoms with Crippen LogP contribution in [0.25, 0.3) is 0 Å². The van der Waals surface area contributed by atoms with Crippen LogP contribution in [0.15, 0.2) is 0 Å². The Morgan fingerprint density at radius 3 is 2.76 bits per heavy atom. The lowest BCUT2D eigenvalue weighted by molar-refractivity contribution is 0.0640. The van der Waals surface area contributed by atoms with Gasteiger partial charge in [-0.25, -0.2) is 12.7 Å². The van der Waals surface area contributed by atoms with Crippen molar-refractivity contribution in [2.24, 2.45) is 11.8 Å². The summed E-state index contributed by atoms with van der Waals surface area (Å²) >= 11 is 0. The van der Waals surface area contributed by atoms with Gasteiger partial charge in [-0.2, -0.15) is 0 Å². The number of nitrogens with zero attached hydrogens (tertiary/aromatic N) is 1. The molecule has 0 spiro atoms. The van der Waals surface area contributed by atoms with Crippen molar-refractivity contribution in [1.82, 2.24) is 9.73 Å². The van der Waals surface area contributed by atoms with Crippen LogP contribution >= 0.6 is 0 Å². The second-order valence-electron chi connectivity index (χ2n) is 5.62. The van der Waals surface area contributed by atoms with Crippen molar-refractivity contribution in [2.75, 3.05) is 46.3 Å². The molecule has 2 unspecified atom stereocenters. The molecule has 8 heteroatoms. The van der Waals surface area contributed by atoms with E-state index in [4.69, 9.17) is 15.3 Å². The van der Waals surface area contributed by atoms with E-state index in [1.54, 1.807) is 11.4 Å². The van der Waals surface area contributed by atoms with Crippen molar-refractivity contribution in [3.05, 3.63) is 0 Å². The lowest BCUT2D eigenvalue weighted by atomic mass is 9.91. The highest BCUT2D eigenvalue weighted by atomic mass is 32.2. The molecular formula is C13H29N3O4S. The van der Waals surface area contributed by atoms with E-state index in [-0.39, 0.29) is 6.04 Å². The van der Waals surface area contributed by atoms with E-state index in [2.05, 4.69) is 5.43 Å². The van der Waals surface area contributed by atoms with Crippen LogP contribution in [0.5, 0.6) is 0 Å². The number of hydrogen-bond acceptors (Lipinski definition) is 6. The van der Waals surface area contributed by atoms with Gasteiger partial charge in [0.2, 0.25) is 10.0 Å². The molecule has 0 aromatic carbocycles. The van der Waals surface area contributed by atoms with E-state index in [0.717, 1.165) is 25.7 Å². The number of methoxy groups -OCH3 is 1. The van der Waals surface area contributed by atoms with Crippen LogP contribution in [0.1, 0.15) is 25.7 Å². The molecule has 1 rings (SSSR count). The van der Waals surface area contributed by atoms with E-state index < -0.39 is 10.0 Å². The summed E-state index contributed by atoms with van der Waals surface area (Å²) in [6.45, 7) is 3.03. The van der Waals surface area contributed by atoms with Gasteiger partial charge in [-0.15, -0.1) is 0 Å². The molecule has 0 bridgehead atoms. The number of rotatable bonds is 10. The monoisotopic (exact) mass is 323 g/mol. The summed E-state index contributed by atoms with van der Waals surface area (Å²) in [6.07, 6.45) is 4.93. The van der Waals surface area contributed by atoms with Gasteiger partial charge >= 0.3 is 0 Å². The van der Waals surface area contributed by atoms with E-state index in [1.165, 1.54) is 6.26 Å². The van der Waals surface area contributed by atoms with Crippen LogP contribution in [-0.4, -0.2) is 65.0 Å². The Hall–Kier alpha value is -0.250. The van der Waals surface area contributed by atoms with Crippen molar-refractivity contribution in [2.45, 2.75) is 31.7 Å². The summed E-state index contributed by atoms with van der Waals surface area (Å²) in [5, 5.41) is 0. The Balaban J connectivity index is 2.31. The van der Waals surface area contributed by atoms with Crippen LogP contribution in [0.2, 0.25) is 0 Å². The molecule has 0 amide bonds. The van der Waals surface area contributed by atoms with Crippen LogP contribution in [-0.2, 0) is 19.5 Å². The zero-order chi connectivity index (χ0) is 15.7. The van der Waals surface area contributed by atoms with Crippen molar-refractivity contribution in [3.8, 4) is 0 Å². The maximum atomic E-state index is 11.6. The summed E-state index contributed by atoms with van der Waals surface area (Å²) in [7, 11) is -1.44. The number of sulfonamides is 1. The van der Waals surface area contributed by atoms with E-state index in [1.807, 2.05) is 0 Å². The summed E-state index contributed by atoms with van der Waals surface area (Å²) in [5.41, 5.74) is 2.81. The third-order valence-electron chi connectivity index (χ3n) is 3.85. The standard InChI is InChI=1S/C13H29N3O4S/c1-19-8-9-20-7-5-13(15-14)10-12-4-3-6-16(11-12)21(2,17)18/h12-13,15H,3-11,14H2,1-2H3. The third-order valence-corrected chi connectivity index (χ3v) is 5.12. The minimum Gasteiger partial charge on any atom is -0.382 e. The van der Waals surface area contributed by atoms with Gasteiger partial charge in [0.15, 0.2) is 0 Å². The van der Waals surface area contributed by atoms with E-state index in [0.29, 0.717) is 38.8 Å². The number of nitrogens with two attached hydrogens (primary N) is 1. The number of hydrogen-bond donors (Lipinski definition) is 2. The zero-order valence-corrected chi connectivity index (χ0v) is 13.9. The highest BCUT2D eigenvalue weighted by molar-refractivity contribution is 7.88. The molecule has 126 valence electrons. The lowest BCUT2D eigenvalue weighted by Crippen LogP contribution is -2.43. The Morgan fingerprint density at radius 1 is 1.38 bits per heavy atom. The second-order valence-corrected chi connectivity index (χ2v) is 7.60. The number of piperidine rings is 1. The summed E-state index contributed by atoms with van der Waals surface area (Å²) in [5.74, 6) is 5.94. The molecule has 1 heterocycles. The molecule has 2 atom stereocenters. The predicted molar refractivity (Wildman–Crippen MR) is 82.2 cm³/mol.